The molecule has 0 heterocycles. The monoisotopic (exact) mass is 448 g/mol. The molecule has 2 rings (SSSR count). The van der Waals surface area contributed by atoms with E-state index in [-0.39, 0.29) is 42.1 Å². The van der Waals surface area contributed by atoms with Crippen LogP contribution < -0.4 is 10.1 Å². The number of nitrogens with zero attached hydrogens (tertiary/aromatic N) is 1. The maximum atomic E-state index is 13.9. The molecule has 2 aromatic carbocycles. The second-order valence-electron chi connectivity index (χ2n) is 5.98. The summed E-state index contributed by atoms with van der Waals surface area (Å²) in [6.07, 6.45) is 0. The molecule has 0 unspecified atom stereocenters. The van der Waals surface area contributed by atoms with E-state index >= 15 is 0 Å². The summed E-state index contributed by atoms with van der Waals surface area (Å²) in [6, 6.07) is 3.86. The number of carbonyl (C=O) groups is 1. The van der Waals surface area contributed by atoms with Gasteiger partial charge in [-0.25, -0.2) is 26.0 Å². The van der Waals surface area contributed by atoms with Gasteiger partial charge < -0.3 is 10.1 Å². The molecule has 1 amide bonds. The lowest BCUT2D eigenvalue weighted by Crippen LogP contribution is -2.30. The molecule has 0 saturated heterocycles. The van der Waals surface area contributed by atoms with E-state index in [4.69, 9.17) is 4.74 Å². The molecular formula is C19H20F4N2O4S. The van der Waals surface area contributed by atoms with Crippen molar-refractivity contribution in [3.8, 4) is 5.75 Å². The van der Waals surface area contributed by atoms with Gasteiger partial charge in [-0.2, -0.15) is 4.31 Å². The smallest absolute Gasteiger partial charge is 0.258 e. The average Bonchev–Trinajstić information content (AvgIpc) is 2.71. The fourth-order valence-electron chi connectivity index (χ4n) is 2.69. The summed E-state index contributed by atoms with van der Waals surface area (Å²) in [5.41, 5.74) is -1.26. The summed E-state index contributed by atoms with van der Waals surface area (Å²) < 4.78 is 85.9. The van der Waals surface area contributed by atoms with Gasteiger partial charge in [0.15, 0.2) is 23.3 Å². The van der Waals surface area contributed by atoms with Gasteiger partial charge in [0.05, 0.1) is 22.8 Å². The molecule has 0 spiro atoms. The number of rotatable bonds is 8. The van der Waals surface area contributed by atoms with E-state index in [1.165, 1.54) is 16.4 Å². The third-order valence-corrected chi connectivity index (χ3v) is 6.24. The van der Waals surface area contributed by atoms with Gasteiger partial charge >= 0.3 is 0 Å². The van der Waals surface area contributed by atoms with Crippen LogP contribution in [0.15, 0.2) is 29.2 Å². The third-order valence-electron chi connectivity index (χ3n) is 4.19. The molecule has 0 aliphatic carbocycles. The first-order chi connectivity index (χ1) is 14.1. The zero-order valence-corrected chi connectivity index (χ0v) is 17.2. The second-order valence-corrected chi connectivity index (χ2v) is 7.92. The predicted molar refractivity (Wildman–Crippen MR) is 102 cm³/mol. The molecule has 6 nitrogen and oxygen atoms in total. The van der Waals surface area contributed by atoms with Gasteiger partial charge in [0.2, 0.25) is 10.0 Å². The summed E-state index contributed by atoms with van der Waals surface area (Å²) in [7, 11) is -3.90. The van der Waals surface area contributed by atoms with Crippen molar-refractivity contribution >= 4 is 21.6 Å². The lowest BCUT2D eigenvalue weighted by atomic mass is 10.1. The van der Waals surface area contributed by atoms with E-state index in [9.17, 15) is 30.8 Å². The van der Waals surface area contributed by atoms with Crippen molar-refractivity contribution in [1.29, 1.82) is 0 Å². The largest absolute Gasteiger partial charge is 0.492 e. The number of benzene rings is 2. The fourth-order valence-corrected chi connectivity index (χ4v) is 4.17. The van der Waals surface area contributed by atoms with Crippen molar-refractivity contribution in [2.45, 2.75) is 25.7 Å². The number of hydrogen-bond acceptors (Lipinski definition) is 4. The number of anilines is 1. The van der Waals surface area contributed by atoms with Crippen LogP contribution in [0.5, 0.6) is 5.75 Å². The average molecular weight is 448 g/mol. The minimum atomic E-state index is -3.90. The van der Waals surface area contributed by atoms with Crippen molar-refractivity contribution in [3.05, 3.63) is 53.1 Å². The van der Waals surface area contributed by atoms with Crippen LogP contribution in [0.1, 0.15) is 31.1 Å². The molecule has 2 aromatic rings. The van der Waals surface area contributed by atoms with Crippen molar-refractivity contribution in [2.24, 2.45) is 0 Å². The fraction of sp³-hybridized carbons (Fsp3) is 0.316. The van der Waals surface area contributed by atoms with Gasteiger partial charge in [-0.05, 0) is 31.2 Å². The van der Waals surface area contributed by atoms with Crippen LogP contribution in [0.4, 0.5) is 23.2 Å². The molecule has 0 bridgehead atoms. The Balaban J connectivity index is 2.51. The molecule has 0 aliphatic rings. The van der Waals surface area contributed by atoms with Crippen LogP contribution in [0.3, 0.4) is 0 Å². The summed E-state index contributed by atoms with van der Waals surface area (Å²) in [5.74, 6) is -9.08. The van der Waals surface area contributed by atoms with Gasteiger partial charge in [-0.15, -0.1) is 0 Å². The molecule has 0 fully saturated rings. The highest BCUT2D eigenvalue weighted by atomic mass is 32.2. The molecular weight excluding hydrogens is 428 g/mol. The Labute approximate surface area is 171 Å². The first-order valence-electron chi connectivity index (χ1n) is 8.99. The van der Waals surface area contributed by atoms with E-state index in [1.54, 1.807) is 20.8 Å². The van der Waals surface area contributed by atoms with E-state index < -0.39 is 44.8 Å². The molecule has 11 heteroatoms. The number of sulfonamides is 1. The first-order valence-corrected chi connectivity index (χ1v) is 10.4. The second kappa shape index (κ2) is 9.43. The van der Waals surface area contributed by atoms with Crippen LogP contribution >= 0.6 is 0 Å². The molecule has 0 aliphatic heterocycles. The molecule has 0 saturated carbocycles. The molecule has 1 N–H and O–H groups in total. The molecule has 0 aromatic heterocycles. The number of hydrogen-bond donors (Lipinski definition) is 1. The highest BCUT2D eigenvalue weighted by molar-refractivity contribution is 7.89. The maximum Gasteiger partial charge on any atom is 0.258 e. The Morgan fingerprint density at radius 1 is 1.00 bits per heavy atom. The highest BCUT2D eigenvalue weighted by Crippen LogP contribution is 2.30. The SMILES string of the molecule is CCOc1ccc(S(=O)(=O)N(CC)CC)cc1NC(=O)c1cc(F)c(F)c(F)c1F. The zero-order chi connectivity index (χ0) is 22.6. The first kappa shape index (κ1) is 23.6. The number of halogens is 4. The van der Waals surface area contributed by atoms with Gasteiger partial charge in [0, 0.05) is 13.1 Å². The Hall–Kier alpha value is -2.66. The normalized spacial score (nSPS) is 11.6. The molecule has 30 heavy (non-hydrogen) atoms. The summed E-state index contributed by atoms with van der Waals surface area (Å²) in [5, 5.41) is 2.17. The van der Waals surface area contributed by atoms with Gasteiger partial charge in [0.25, 0.3) is 5.91 Å². The number of amides is 1. The lowest BCUT2D eigenvalue weighted by molar-refractivity contribution is 0.102. The minimum Gasteiger partial charge on any atom is -0.492 e. The summed E-state index contributed by atoms with van der Waals surface area (Å²) in [4.78, 5) is 12.2. The van der Waals surface area contributed by atoms with Crippen molar-refractivity contribution in [1.82, 2.24) is 4.31 Å². The van der Waals surface area contributed by atoms with Crippen molar-refractivity contribution < 1.29 is 35.5 Å². The Morgan fingerprint density at radius 3 is 2.20 bits per heavy atom. The van der Waals surface area contributed by atoms with Crippen LogP contribution in [0.2, 0.25) is 0 Å². The molecule has 0 atom stereocenters. The summed E-state index contributed by atoms with van der Waals surface area (Å²) in [6.45, 7) is 5.49. The molecule has 0 radical (unpaired) electrons. The maximum absolute atomic E-state index is 13.9. The van der Waals surface area contributed by atoms with Crippen LogP contribution in [-0.4, -0.2) is 38.3 Å². The zero-order valence-electron chi connectivity index (χ0n) is 16.4. The molecule has 164 valence electrons. The third kappa shape index (κ3) is 4.57. The number of ether oxygens (including phenoxy) is 1. The van der Waals surface area contributed by atoms with Gasteiger partial charge in [-0.1, -0.05) is 13.8 Å². The van der Waals surface area contributed by atoms with E-state index in [2.05, 4.69) is 5.32 Å². The standard InChI is InChI=1S/C19H20F4N2O4S/c1-4-25(5-2)30(27,28)11-7-8-15(29-6-3)14(9-11)24-19(26)12-10-13(20)17(22)18(23)16(12)21/h7-10H,4-6H2,1-3H3,(H,24,26). The van der Waals surface area contributed by atoms with Crippen LogP contribution in [0, 0.1) is 23.3 Å². The minimum absolute atomic E-state index is 0.0489. The highest BCUT2D eigenvalue weighted by Gasteiger charge is 2.26. The van der Waals surface area contributed by atoms with E-state index in [0.29, 0.717) is 0 Å². The Morgan fingerprint density at radius 2 is 1.63 bits per heavy atom. The van der Waals surface area contributed by atoms with Crippen LogP contribution in [-0.2, 0) is 10.0 Å². The topological polar surface area (TPSA) is 75.7 Å². The Kier molecular flexibility index (Phi) is 7.43. The van der Waals surface area contributed by atoms with Crippen molar-refractivity contribution in [3.63, 3.8) is 0 Å². The van der Waals surface area contributed by atoms with E-state index in [1.807, 2.05) is 0 Å². The van der Waals surface area contributed by atoms with Gasteiger partial charge in [-0.3, -0.25) is 4.79 Å². The number of nitrogens with one attached hydrogen (secondary N) is 1. The van der Waals surface area contributed by atoms with Crippen LogP contribution in [0.25, 0.3) is 0 Å². The predicted octanol–water partition coefficient (Wildman–Crippen LogP) is 3.92. The van der Waals surface area contributed by atoms with Gasteiger partial charge in [0.1, 0.15) is 5.75 Å². The Bertz CT molecular complexity index is 1060. The van der Waals surface area contributed by atoms with Crippen molar-refractivity contribution in [2.75, 3.05) is 25.0 Å². The lowest BCUT2D eigenvalue weighted by Gasteiger charge is -2.20. The van der Waals surface area contributed by atoms with E-state index in [0.717, 1.165) is 6.07 Å². The summed E-state index contributed by atoms with van der Waals surface area (Å²) >= 11 is 0. The quantitative estimate of drug-likeness (QED) is 0.377. The number of carbonyl (C=O) groups excluding carboxylic acids is 1.